The summed E-state index contributed by atoms with van der Waals surface area (Å²) in [4.78, 5) is 26.4. The average Bonchev–Trinajstić information content (AvgIpc) is 3.02. The first-order valence-corrected chi connectivity index (χ1v) is 10.4. The number of esters is 1. The molecule has 1 aliphatic rings. The van der Waals surface area contributed by atoms with E-state index in [0.717, 1.165) is 5.56 Å². The van der Waals surface area contributed by atoms with Gasteiger partial charge < -0.3 is 18.7 Å². The Morgan fingerprint density at radius 2 is 1.85 bits per heavy atom. The molecular weight excluding hydrogens is 357 g/mol. The topological polar surface area (TPSA) is 82.1 Å². The molecule has 0 spiro atoms. The second kappa shape index (κ2) is 9.31. The van der Waals surface area contributed by atoms with E-state index in [1.54, 1.807) is 13.8 Å². The maximum atomic E-state index is 13.2. The summed E-state index contributed by atoms with van der Waals surface area (Å²) in [6.45, 7) is 3.82. The van der Waals surface area contributed by atoms with Gasteiger partial charge >= 0.3 is 13.6 Å². The zero-order valence-corrected chi connectivity index (χ0v) is 16.3. The Morgan fingerprint density at radius 1 is 1.23 bits per heavy atom. The number of rotatable bonds is 9. The van der Waals surface area contributed by atoms with Gasteiger partial charge in [-0.05, 0) is 25.8 Å². The van der Waals surface area contributed by atoms with Crippen molar-refractivity contribution in [3.63, 3.8) is 0 Å². The number of carbonyl (C=O) groups excluding carboxylic acids is 2. The molecule has 0 radical (unpaired) electrons. The number of amides is 1. The molecule has 26 heavy (non-hydrogen) atoms. The van der Waals surface area contributed by atoms with E-state index in [4.69, 9.17) is 13.8 Å². The lowest BCUT2D eigenvalue weighted by molar-refractivity contribution is -0.151. The van der Waals surface area contributed by atoms with Crippen molar-refractivity contribution >= 4 is 19.5 Å². The molecule has 0 aliphatic carbocycles. The Labute approximate surface area is 154 Å². The van der Waals surface area contributed by atoms with Gasteiger partial charge in [-0.2, -0.15) is 0 Å². The van der Waals surface area contributed by atoms with Gasteiger partial charge in [0.25, 0.3) is 0 Å². The van der Waals surface area contributed by atoms with Crippen molar-refractivity contribution in [1.29, 1.82) is 0 Å². The highest BCUT2D eigenvalue weighted by Crippen LogP contribution is 2.58. The predicted octanol–water partition coefficient (Wildman–Crippen LogP) is 2.99. The van der Waals surface area contributed by atoms with Crippen molar-refractivity contribution in [2.24, 2.45) is 0 Å². The van der Waals surface area contributed by atoms with Gasteiger partial charge in [0.05, 0.1) is 20.3 Å². The molecule has 8 heteroatoms. The number of hydrogen-bond donors (Lipinski definition) is 0. The van der Waals surface area contributed by atoms with Crippen LogP contribution in [0.3, 0.4) is 0 Å². The molecule has 1 aromatic carbocycles. The van der Waals surface area contributed by atoms with Gasteiger partial charge in [0.2, 0.25) is 5.91 Å². The summed E-state index contributed by atoms with van der Waals surface area (Å²) >= 11 is 0. The maximum Gasteiger partial charge on any atom is 0.352 e. The fourth-order valence-electron chi connectivity index (χ4n) is 3.22. The highest BCUT2D eigenvalue weighted by Gasteiger charge is 2.50. The molecule has 0 aromatic heterocycles. The van der Waals surface area contributed by atoms with Crippen LogP contribution in [0.25, 0.3) is 0 Å². The molecule has 2 atom stereocenters. The molecule has 1 aliphatic heterocycles. The molecule has 2 rings (SSSR count). The van der Waals surface area contributed by atoms with Gasteiger partial charge in [-0.3, -0.25) is 9.36 Å². The Kier molecular flexibility index (Phi) is 7.38. The third-order valence-electron chi connectivity index (χ3n) is 4.29. The fraction of sp³-hybridized carbons (Fsp3) is 0.556. The summed E-state index contributed by atoms with van der Waals surface area (Å²) in [5, 5.41) is 0. The second-order valence-corrected chi connectivity index (χ2v) is 8.12. The van der Waals surface area contributed by atoms with Crippen LogP contribution in [0.15, 0.2) is 30.3 Å². The molecule has 7 nitrogen and oxygen atoms in total. The zero-order valence-electron chi connectivity index (χ0n) is 15.4. The molecule has 1 heterocycles. The molecule has 1 saturated heterocycles. The van der Waals surface area contributed by atoms with E-state index in [9.17, 15) is 14.2 Å². The van der Waals surface area contributed by atoms with Gasteiger partial charge in [-0.15, -0.1) is 0 Å². The maximum absolute atomic E-state index is 13.2. The summed E-state index contributed by atoms with van der Waals surface area (Å²) < 4.78 is 29.0. The molecule has 1 amide bonds. The summed E-state index contributed by atoms with van der Waals surface area (Å²) in [7, 11) is -2.29. The van der Waals surface area contributed by atoms with Crippen LogP contribution in [0.1, 0.15) is 32.3 Å². The first-order valence-electron chi connectivity index (χ1n) is 8.78. The summed E-state index contributed by atoms with van der Waals surface area (Å²) in [6, 6.07) is 8.46. The molecule has 0 saturated carbocycles. The Hall–Kier alpha value is -1.69. The van der Waals surface area contributed by atoms with Gasteiger partial charge in [-0.1, -0.05) is 30.3 Å². The third kappa shape index (κ3) is 4.53. The SMILES string of the molecule is CCOP(=O)(OCC)C1CCC(=O)N1C(Cc1ccccc1)C(=O)OC. The molecular formula is C18H26NO6P. The molecule has 1 fully saturated rings. The van der Waals surface area contributed by atoms with E-state index in [-0.39, 0.29) is 32.0 Å². The van der Waals surface area contributed by atoms with Crippen molar-refractivity contribution in [3.05, 3.63) is 35.9 Å². The van der Waals surface area contributed by atoms with E-state index in [1.165, 1.54) is 12.0 Å². The molecule has 2 unspecified atom stereocenters. The van der Waals surface area contributed by atoms with Crippen LogP contribution in [0.5, 0.6) is 0 Å². The number of nitrogens with zero attached hydrogens (tertiary/aromatic N) is 1. The smallest absolute Gasteiger partial charge is 0.352 e. The second-order valence-electron chi connectivity index (χ2n) is 5.92. The van der Waals surface area contributed by atoms with Crippen LogP contribution in [-0.2, 0) is 34.4 Å². The van der Waals surface area contributed by atoms with Crippen LogP contribution >= 0.6 is 7.60 Å². The van der Waals surface area contributed by atoms with E-state index in [2.05, 4.69) is 0 Å². The summed E-state index contributed by atoms with van der Waals surface area (Å²) in [6.07, 6.45) is 0.781. The standard InChI is InChI=1S/C18H26NO6P/c1-4-24-26(22,25-5-2)17-12-11-16(20)19(17)15(18(21)23-3)13-14-9-7-6-8-10-14/h6-10,15,17H,4-5,11-13H2,1-3H3. The number of methoxy groups -OCH3 is 1. The van der Waals surface area contributed by atoms with Crippen molar-refractivity contribution < 1.29 is 27.9 Å². The minimum absolute atomic E-state index is 0.192. The quantitative estimate of drug-likeness (QED) is 0.482. The van der Waals surface area contributed by atoms with Crippen molar-refractivity contribution in [2.45, 2.75) is 44.9 Å². The Morgan fingerprint density at radius 3 is 2.38 bits per heavy atom. The number of benzene rings is 1. The van der Waals surface area contributed by atoms with Gasteiger partial charge in [0.1, 0.15) is 11.8 Å². The molecule has 0 bridgehead atoms. The largest absolute Gasteiger partial charge is 0.467 e. The summed E-state index contributed by atoms with van der Waals surface area (Å²) in [5.41, 5.74) is 0.879. The normalized spacial score (nSPS) is 18.8. The predicted molar refractivity (Wildman–Crippen MR) is 96.7 cm³/mol. The van der Waals surface area contributed by atoms with Crippen LogP contribution in [0.4, 0.5) is 0 Å². The average molecular weight is 383 g/mol. The molecule has 1 aromatic rings. The fourth-order valence-corrected chi connectivity index (χ4v) is 5.40. The highest BCUT2D eigenvalue weighted by atomic mass is 31.2. The van der Waals surface area contributed by atoms with Crippen LogP contribution in [-0.4, -0.2) is 48.9 Å². The first kappa shape index (κ1) is 20.6. The van der Waals surface area contributed by atoms with Gasteiger partial charge in [0.15, 0.2) is 0 Å². The van der Waals surface area contributed by atoms with Crippen molar-refractivity contribution in [3.8, 4) is 0 Å². The minimum atomic E-state index is -3.57. The van der Waals surface area contributed by atoms with Crippen LogP contribution in [0, 0.1) is 0 Å². The van der Waals surface area contributed by atoms with Crippen molar-refractivity contribution in [2.75, 3.05) is 20.3 Å². The lowest BCUT2D eigenvalue weighted by Gasteiger charge is -2.34. The van der Waals surface area contributed by atoms with Gasteiger partial charge in [0, 0.05) is 12.8 Å². The van der Waals surface area contributed by atoms with E-state index in [0.29, 0.717) is 6.42 Å². The third-order valence-corrected chi connectivity index (χ3v) is 6.76. The highest BCUT2D eigenvalue weighted by molar-refractivity contribution is 7.54. The van der Waals surface area contributed by atoms with Crippen LogP contribution in [0.2, 0.25) is 0 Å². The van der Waals surface area contributed by atoms with Crippen molar-refractivity contribution in [1.82, 2.24) is 4.90 Å². The first-order chi connectivity index (χ1) is 12.5. The van der Waals surface area contributed by atoms with Gasteiger partial charge in [-0.25, -0.2) is 4.79 Å². The Balaban J connectivity index is 2.37. The van der Waals surface area contributed by atoms with E-state index >= 15 is 0 Å². The van der Waals surface area contributed by atoms with Crippen LogP contribution < -0.4 is 0 Å². The monoisotopic (exact) mass is 383 g/mol. The molecule has 144 valence electrons. The minimum Gasteiger partial charge on any atom is -0.467 e. The van der Waals surface area contributed by atoms with E-state index in [1.807, 2.05) is 30.3 Å². The zero-order chi connectivity index (χ0) is 19.2. The lowest BCUT2D eigenvalue weighted by atomic mass is 10.0. The number of likely N-dealkylation sites (tertiary alicyclic amines) is 1. The lowest BCUT2D eigenvalue weighted by Crippen LogP contribution is -2.48. The summed E-state index contributed by atoms with van der Waals surface area (Å²) in [5.74, 6) is -1.59. The molecule has 0 N–H and O–H groups in total. The number of ether oxygens (including phenoxy) is 1. The Bertz CT molecular complexity index is 655. The number of carbonyl (C=O) groups is 2. The number of hydrogen-bond acceptors (Lipinski definition) is 6. The van der Waals surface area contributed by atoms with E-state index < -0.39 is 25.4 Å².